The van der Waals surface area contributed by atoms with E-state index < -0.39 is 0 Å². The van der Waals surface area contributed by atoms with E-state index in [1.807, 2.05) is 24.4 Å². The molecule has 1 aromatic carbocycles. The fourth-order valence-corrected chi connectivity index (χ4v) is 4.44. The fourth-order valence-electron chi connectivity index (χ4n) is 4.44. The first-order valence-corrected chi connectivity index (χ1v) is 9.47. The number of ketones is 1. The summed E-state index contributed by atoms with van der Waals surface area (Å²) in [6.45, 7) is 0. The van der Waals surface area contributed by atoms with E-state index in [2.05, 4.69) is 5.32 Å². The van der Waals surface area contributed by atoms with Gasteiger partial charge in [0.25, 0.3) is 0 Å². The molecule has 0 radical (unpaired) electrons. The van der Waals surface area contributed by atoms with Crippen molar-refractivity contribution in [2.75, 3.05) is 14.2 Å². The summed E-state index contributed by atoms with van der Waals surface area (Å²) < 4.78 is 10.9. The SMILES string of the molecule is COc1ccc([C@@H]2CC(=O)C3=C(C2)N[C@@H]2CCCC[C@@H]2N=C3)c(OC)c1. The summed E-state index contributed by atoms with van der Waals surface area (Å²) in [5, 5.41) is 3.68. The van der Waals surface area contributed by atoms with Gasteiger partial charge in [0.15, 0.2) is 5.78 Å². The van der Waals surface area contributed by atoms with Gasteiger partial charge in [-0.05, 0) is 30.9 Å². The lowest BCUT2D eigenvalue weighted by Crippen LogP contribution is -2.41. The average molecular weight is 354 g/mol. The Bertz CT molecular complexity index is 769. The van der Waals surface area contributed by atoms with Gasteiger partial charge >= 0.3 is 0 Å². The average Bonchev–Trinajstić information content (AvgIpc) is 2.86. The maximum Gasteiger partial charge on any atom is 0.166 e. The molecule has 1 saturated carbocycles. The second kappa shape index (κ2) is 7.14. The Morgan fingerprint density at radius 3 is 2.77 bits per heavy atom. The van der Waals surface area contributed by atoms with Crippen molar-refractivity contribution in [1.29, 1.82) is 0 Å². The summed E-state index contributed by atoms with van der Waals surface area (Å²) in [7, 11) is 3.31. The van der Waals surface area contributed by atoms with E-state index in [1.165, 1.54) is 12.8 Å². The molecular formula is C21H26N2O3. The highest BCUT2D eigenvalue weighted by Gasteiger charge is 2.34. The molecule has 2 aliphatic carbocycles. The van der Waals surface area contributed by atoms with E-state index in [0.717, 1.165) is 47.6 Å². The summed E-state index contributed by atoms with van der Waals surface area (Å²) in [5.41, 5.74) is 2.90. The van der Waals surface area contributed by atoms with Gasteiger partial charge in [-0.3, -0.25) is 9.79 Å². The standard InChI is InChI=1S/C21H26N2O3/c1-25-14-7-8-15(21(11-14)26-2)13-9-19-16(20(24)10-13)12-22-17-5-3-4-6-18(17)23-19/h7-8,11-13,17-18,23H,3-6,9-10H2,1-2H3/t13-,17-,18+/m0/s1. The Labute approximate surface area is 154 Å². The number of carbonyl (C=O) groups excluding carboxylic acids is 1. The number of Topliss-reactive ketones (excluding diaryl/α,β-unsaturated/α-hetero) is 1. The first kappa shape index (κ1) is 17.1. The number of nitrogens with one attached hydrogen (secondary N) is 1. The Hall–Kier alpha value is -2.30. The normalized spacial score (nSPS) is 27.9. The van der Waals surface area contributed by atoms with Crippen molar-refractivity contribution in [2.24, 2.45) is 4.99 Å². The summed E-state index contributed by atoms with van der Waals surface area (Å²) in [6, 6.07) is 6.51. The van der Waals surface area contributed by atoms with Crippen molar-refractivity contribution >= 4 is 12.0 Å². The third kappa shape index (κ3) is 3.11. The van der Waals surface area contributed by atoms with Gasteiger partial charge in [-0.25, -0.2) is 0 Å². The largest absolute Gasteiger partial charge is 0.497 e. The number of fused-ring (bicyclic) bond motifs is 1. The molecule has 1 aliphatic heterocycles. The predicted octanol–water partition coefficient (Wildman–Crippen LogP) is 3.39. The number of nitrogens with zero attached hydrogens (tertiary/aromatic N) is 1. The van der Waals surface area contributed by atoms with Gasteiger partial charge in [-0.15, -0.1) is 0 Å². The quantitative estimate of drug-likeness (QED) is 0.904. The van der Waals surface area contributed by atoms with Gasteiger partial charge < -0.3 is 14.8 Å². The number of aliphatic imine (C=N–C) groups is 1. The predicted molar refractivity (Wildman–Crippen MR) is 101 cm³/mol. The summed E-state index contributed by atoms with van der Waals surface area (Å²) in [6.07, 6.45) is 7.84. The monoisotopic (exact) mass is 354 g/mol. The number of ether oxygens (including phenoxy) is 2. The van der Waals surface area contributed by atoms with Crippen LogP contribution in [0.3, 0.4) is 0 Å². The van der Waals surface area contributed by atoms with Crippen molar-refractivity contribution in [3.63, 3.8) is 0 Å². The minimum absolute atomic E-state index is 0.114. The Kier molecular flexibility index (Phi) is 4.70. The highest BCUT2D eigenvalue weighted by Crippen LogP contribution is 2.40. The first-order chi connectivity index (χ1) is 12.7. The molecule has 0 amide bonds. The van der Waals surface area contributed by atoms with E-state index in [0.29, 0.717) is 18.5 Å². The third-order valence-electron chi connectivity index (χ3n) is 5.87. The van der Waals surface area contributed by atoms with E-state index in [-0.39, 0.29) is 11.7 Å². The van der Waals surface area contributed by atoms with Crippen molar-refractivity contribution in [1.82, 2.24) is 5.32 Å². The zero-order valence-electron chi connectivity index (χ0n) is 15.5. The van der Waals surface area contributed by atoms with E-state index in [1.54, 1.807) is 14.2 Å². The van der Waals surface area contributed by atoms with Gasteiger partial charge in [0.1, 0.15) is 11.5 Å². The van der Waals surface area contributed by atoms with Crippen LogP contribution < -0.4 is 14.8 Å². The van der Waals surface area contributed by atoms with Crippen LogP contribution >= 0.6 is 0 Å². The topological polar surface area (TPSA) is 59.9 Å². The fraction of sp³-hybridized carbons (Fsp3) is 0.524. The first-order valence-electron chi connectivity index (χ1n) is 9.47. The molecule has 0 unspecified atom stereocenters. The molecule has 1 aromatic rings. The molecule has 1 N–H and O–H groups in total. The van der Waals surface area contributed by atoms with Gasteiger partial charge in [0.2, 0.25) is 0 Å². The van der Waals surface area contributed by atoms with Crippen LogP contribution in [0.5, 0.6) is 11.5 Å². The number of methoxy groups -OCH3 is 2. The summed E-state index contributed by atoms with van der Waals surface area (Å²) in [5.74, 6) is 1.83. The molecule has 0 bridgehead atoms. The van der Waals surface area contributed by atoms with Crippen LogP contribution in [-0.2, 0) is 4.79 Å². The number of hydrogen-bond acceptors (Lipinski definition) is 5. The molecule has 0 saturated heterocycles. The maximum absolute atomic E-state index is 12.8. The Morgan fingerprint density at radius 1 is 1.12 bits per heavy atom. The molecule has 138 valence electrons. The lowest BCUT2D eigenvalue weighted by molar-refractivity contribution is -0.115. The summed E-state index contributed by atoms with van der Waals surface area (Å²) >= 11 is 0. The minimum atomic E-state index is 0.114. The molecule has 1 heterocycles. The minimum Gasteiger partial charge on any atom is -0.497 e. The number of allylic oxidation sites excluding steroid dienone is 2. The molecule has 0 aromatic heterocycles. The number of hydrogen-bond donors (Lipinski definition) is 1. The molecule has 3 aliphatic rings. The smallest absolute Gasteiger partial charge is 0.166 e. The Balaban J connectivity index is 1.63. The van der Waals surface area contributed by atoms with Gasteiger partial charge in [-0.1, -0.05) is 18.9 Å². The molecule has 5 nitrogen and oxygen atoms in total. The molecule has 3 atom stereocenters. The van der Waals surface area contributed by atoms with Crippen LogP contribution in [-0.4, -0.2) is 38.3 Å². The van der Waals surface area contributed by atoms with Crippen LogP contribution in [0.25, 0.3) is 0 Å². The molecule has 5 heteroatoms. The Morgan fingerprint density at radius 2 is 1.96 bits per heavy atom. The van der Waals surface area contributed by atoms with Crippen LogP contribution in [0.4, 0.5) is 0 Å². The molecule has 1 fully saturated rings. The lowest BCUT2D eigenvalue weighted by atomic mass is 9.81. The molecule has 0 spiro atoms. The highest BCUT2D eigenvalue weighted by atomic mass is 16.5. The molecular weight excluding hydrogens is 328 g/mol. The maximum atomic E-state index is 12.8. The number of carbonyl (C=O) groups is 1. The zero-order valence-corrected chi connectivity index (χ0v) is 15.5. The van der Waals surface area contributed by atoms with Crippen molar-refractivity contribution < 1.29 is 14.3 Å². The number of benzene rings is 1. The van der Waals surface area contributed by atoms with Crippen LogP contribution in [0.1, 0.15) is 50.0 Å². The van der Waals surface area contributed by atoms with E-state index in [9.17, 15) is 4.79 Å². The van der Waals surface area contributed by atoms with Gasteiger partial charge in [-0.2, -0.15) is 0 Å². The van der Waals surface area contributed by atoms with Crippen molar-refractivity contribution in [3.05, 3.63) is 35.0 Å². The van der Waals surface area contributed by atoms with E-state index in [4.69, 9.17) is 14.5 Å². The lowest BCUT2D eigenvalue weighted by Gasteiger charge is -2.32. The van der Waals surface area contributed by atoms with Crippen molar-refractivity contribution in [3.8, 4) is 11.5 Å². The molecule has 4 rings (SSSR count). The summed E-state index contributed by atoms with van der Waals surface area (Å²) in [4.78, 5) is 17.6. The van der Waals surface area contributed by atoms with Crippen molar-refractivity contribution in [2.45, 2.75) is 56.5 Å². The van der Waals surface area contributed by atoms with Crippen LogP contribution in [0.2, 0.25) is 0 Å². The second-order valence-corrected chi connectivity index (χ2v) is 7.41. The molecule has 26 heavy (non-hydrogen) atoms. The van der Waals surface area contributed by atoms with E-state index >= 15 is 0 Å². The van der Waals surface area contributed by atoms with Crippen LogP contribution in [0, 0.1) is 0 Å². The van der Waals surface area contributed by atoms with Gasteiger partial charge in [0.05, 0.1) is 25.8 Å². The van der Waals surface area contributed by atoms with Gasteiger partial charge in [0, 0.05) is 36.4 Å². The highest BCUT2D eigenvalue weighted by molar-refractivity contribution is 6.15. The van der Waals surface area contributed by atoms with Crippen LogP contribution in [0.15, 0.2) is 34.5 Å². The number of rotatable bonds is 3. The zero-order chi connectivity index (χ0) is 18.1. The third-order valence-corrected chi connectivity index (χ3v) is 5.87. The second-order valence-electron chi connectivity index (χ2n) is 7.41.